The van der Waals surface area contributed by atoms with Crippen LogP contribution in [0.3, 0.4) is 0 Å². The minimum absolute atomic E-state index is 0.0152. The van der Waals surface area contributed by atoms with Gasteiger partial charge in [0.25, 0.3) is 5.91 Å². The normalized spacial score (nSPS) is 10.4. The van der Waals surface area contributed by atoms with Crippen LogP contribution in [0.4, 0.5) is 30.5 Å². The molecule has 0 aliphatic rings. The molecule has 0 aliphatic carbocycles. The maximum absolute atomic E-state index is 13.6. The number of benzene rings is 2. The lowest BCUT2D eigenvalue weighted by Gasteiger charge is -2.08. The first kappa shape index (κ1) is 19.2. The highest BCUT2D eigenvalue weighted by molar-refractivity contribution is 6.04. The van der Waals surface area contributed by atoms with Crippen LogP contribution < -0.4 is 15.4 Å². The van der Waals surface area contributed by atoms with Crippen LogP contribution in [0.15, 0.2) is 48.8 Å². The van der Waals surface area contributed by atoms with E-state index in [0.717, 1.165) is 11.8 Å². The first-order valence-corrected chi connectivity index (χ1v) is 8.24. The molecule has 0 spiro atoms. The molecular weight excluding hydrogens is 373 g/mol. The van der Waals surface area contributed by atoms with Gasteiger partial charge < -0.3 is 15.4 Å². The Morgan fingerprint density at radius 2 is 1.68 bits per heavy atom. The molecule has 9 heteroatoms. The fourth-order valence-electron chi connectivity index (χ4n) is 2.26. The molecule has 144 valence electrons. The van der Waals surface area contributed by atoms with Crippen LogP contribution >= 0.6 is 0 Å². The topological polar surface area (TPSA) is 76.1 Å². The molecule has 28 heavy (non-hydrogen) atoms. The van der Waals surface area contributed by atoms with Gasteiger partial charge in [0.15, 0.2) is 17.5 Å². The number of amides is 1. The molecule has 3 aromatic rings. The van der Waals surface area contributed by atoms with Crippen LogP contribution in [-0.2, 0) is 0 Å². The SMILES string of the molecule is CCOc1ccc(Nc2ncc(C(=O)Nc3ccc(F)c(F)c3F)cn2)cc1. The zero-order chi connectivity index (χ0) is 20.1. The molecule has 3 rings (SSSR count). The van der Waals surface area contributed by atoms with Gasteiger partial charge in [-0.1, -0.05) is 0 Å². The van der Waals surface area contributed by atoms with Crippen molar-refractivity contribution in [3.05, 3.63) is 71.8 Å². The fourth-order valence-corrected chi connectivity index (χ4v) is 2.26. The number of carbonyl (C=O) groups excluding carboxylic acids is 1. The lowest BCUT2D eigenvalue weighted by molar-refractivity contribution is 0.102. The van der Waals surface area contributed by atoms with Gasteiger partial charge in [0.05, 0.1) is 17.9 Å². The van der Waals surface area contributed by atoms with Crippen LogP contribution in [0.25, 0.3) is 0 Å². The Kier molecular flexibility index (Phi) is 5.73. The van der Waals surface area contributed by atoms with E-state index in [1.165, 1.54) is 12.4 Å². The van der Waals surface area contributed by atoms with E-state index in [1.807, 2.05) is 6.92 Å². The van der Waals surface area contributed by atoms with E-state index in [1.54, 1.807) is 24.3 Å². The highest BCUT2D eigenvalue weighted by atomic mass is 19.2. The molecule has 0 unspecified atom stereocenters. The summed E-state index contributed by atoms with van der Waals surface area (Å²) in [7, 11) is 0. The second-order valence-electron chi connectivity index (χ2n) is 5.55. The first-order chi connectivity index (χ1) is 13.5. The molecule has 0 bridgehead atoms. The predicted molar refractivity (Wildman–Crippen MR) is 97.2 cm³/mol. The molecule has 0 saturated heterocycles. The molecule has 2 aromatic carbocycles. The van der Waals surface area contributed by atoms with E-state index >= 15 is 0 Å². The zero-order valence-corrected chi connectivity index (χ0v) is 14.7. The number of rotatable bonds is 6. The number of carbonyl (C=O) groups is 1. The number of nitrogens with zero attached hydrogens (tertiary/aromatic N) is 2. The Morgan fingerprint density at radius 3 is 2.32 bits per heavy atom. The molecule has 0 saturated carbocycles. The second-order valence-corrected chi connectivity index (χ2v) is 5.55. The van der Waals surface area contributed by atoms with E-state index < -0.39 is 29.0 Å². The van der Waals surface area contributed by atoms with Gasteiger partial charge in [0, 0.05) is 18.1 Å². The van der Waals surface area contributed by atoms with Gasteiger partial charge in [-0.05, 0) is 43.3 Å². The third-order valence-corrected chi connectivity index (χ3v) is 3.62. The zero-order valence-electron chi connectivity index (χ0n) is 14.7. The lowest BCUT2D eigenvalue weighted by atomic mass is 10.2. The number of nitrogens with one attached hydrogen (secondary N) is 2. The summed E-state index contributed by atoms with van der Waals surface area (Å²) in [5.41, 5.74) is 0.242. The van der Waals surface area contributed by atoms with Gasteiger partial charge in [-0.3, -0.25) is 4.79 Å². The Bertz CT molecular complexity index is 980. The highest BCUT2D eigenvalue weighted by Crippen LogP contribution is 2.21. The van der Waals surface area contributed by atoms with Gasteiger partial charge in [-0.2, -0.15) is 0 Å². The predicted octanol–water partition coefficient (Wildman–Crippen LogP) is 4.29. The summed E-state index contributed by atoms with van der Waals surface area (Å²) >= 11 is 0. The Balaban J connectivity index is 1.66. The van der Waals surface area contributed by atoms with Crippen molar-refractivity contribution in [2.45, 2.75) is 6.92 Å². The molecule has 1 heterocycles. The van der Waals surface area contributed by atoms with Crippen LogP contribution in [0, 0.1) is 17.5 Å². The Labute approximate surface area is 158 Å². The van der Waals surface area contributed by atoms with Crippen molar-refractivity contribution in [2.75, 3.05) is 17.2 Å². The van der Waals surface area contributed by atoms with Crippen LogP contribution in [0.5, 0.6) is 5.75 Å². The van der Waals surface area contributed by atoms with Crippen molar-refractivity contribution < 1.29 is 22.7 Å². The quantitative estimate of drug-likeness (QED) is 0.616. The lowest BCUT2D eigenvalue weighted by Crippen LogP contribution is -2.15. The summed E-state index contributed by atoms with van der Waals surface area (Å²) in [6, 6.07) is 8.76. The minimum Gasteiger partial charge on any atom is -0.494 e. The van der Waals surface area contributed by atoms with Gasteiger partial charge >= 0.3 is 0 Å². The second kappa shape index (κ2) is 8.38. The third kappa shape index (κ3) is 4.37. The van der Waals surface area contributed by atoms with Crippen LogP contribution in [-0.4, -0.2) is 22.5 Å². The molecule has 0 atom stereocenters. The van der Waals surface area contributed by atoms with E-state index in [4.69, 9.17) is 4.74 Å². The first-order valence-electron chi connectivity index (χ1n) is 8.24. The average molecular weight is 388 g/mol. The maximum Gasteiger partial charge on any atom is 0.258 e. The van der Waals surface area contributed by atoms with Crippen LogP contribution in [0.2, 0.25) is 0 Å². The van der Waals surface area contributed by atoms with Gasteiger partial charge in [-0.25, -0.2) is 23.1 Å². The fraction of sp³-hybridized carbons (Fsp3) is 0.105. The molecule has 6 nitrogen and oxygen atoms in total. The maximum atomic E-state index is 13.6. The molecule has 2 N–H and O–H groups in total. The number of halogens is 3. The molecule has 1 amide bonds. The average Bonchev–Trinajstić information content (AvgIpc) is 2.70. The van der Waals surface area contributed by atoms with E-state index in [9.17, 15) is 18.0 Å². The smallest absolute Gasteiger partial charge is 0.258 e. The molecule has 0 fully saturated rings. The van der Waals surface area contributed by atoms with Gasteiger partial charge in [0.1, 0.15) is 5.75 Å². The summed E-state index contributed by atoms with van der Waals surface area (Å²) in [4.78, 5) is 20.1. The van der Waals surface area contributed by atoms with Crippen molar-refractivity contribution in [1.82, 2.24) is 9.97 Å². The summed E-state index contributed by atoms with van der Waals surface area (Å²) in [6.07, 6.45) is 2.44. The number of aromatic nitrogens is 2. The standard InChI is InChI=1S/C19H15F3N4O2/c1-2-28-13-5-3-12(4-6-13)25-19-23-9-11(10-24-19)18(27)26-15-8-7-14(20)16(21)17(15)22/h3-10H,2H2,1H3,(H,26,27)(H,23,24,25). The Hall–Kier alpha value is -3.62. The van der Waals surface area contributed by atoms with E-state index in [-0.39, 0.29) is 11.5 Å². The number of anilines is 3. The van der Waals surface area contributed by atoms with Crippen molar-refractivity contribution in [3.8, 4) is 5.75 Å². The van der Waals surface area contributed by atoms with Gasteiger partial charge in [-0.15, -0.1) is 0 Å². The number of hydrogen-bond acceptors (Lipinski definition) is 5. The molecule has 0 radical (unpaired) electrons. The van der Waals surface area contributed by atoms with Crippen LogP contribution in [0.1, 0.15) is 17.3 Å². The van der Waals surface area contributed by atoms with E-state index in [0.29, 0.717) is 18.4 Å². The molecular formula is C19H15F3N4O2. The van der Waals surface area contributed by atoms with E-state index in [2.05, 4.69) is 20.6 Å². The van der Waals surface area contributed by atoms with Crippen molar-refractivity contribution in [2.24, 2.45) is 0 Å². The summed E-state index contributed by atoms with van der Waals surface area (Å²) in [5.74, 6) is -4.29. The van der Waals surface area contributed by atoms with Gasteiger partial charge in [0.2, 0.25) is 5.95 Å². The van der Waals surface area contributed by atoms with Crippen molar-refractivity contribution in [1.29, 1.82) is 0 Å². The highest BCUT2D eigenvalue weighted by Gasteiger charge is 2.16. The molecule has 1 aromatic heterocycles. The minimum atomic E-state index is -1.66. The summed E-state index contributed by atoms with van der Waals surface area (Å²) < 4.78 is 45.2. The largest absolute Gasteiger partial charge is 0.494 e. The summed E-state index contributed by atoms with van der Waals surface area (Å²) in [5, 5.41) is 5.10. The van der Waals surface area contributed by atoms with Crippen molar-refractivity contribution >= 4 is 23.2 Å². The number of ether oxygens (including phenoxy) is 1. The number of hydrogen-bond donors (Lipinski definition) is 2. The third-order valence-electron chi connectivity index (χ3n) is 3.62. The monoisotopic (exact) mass is 388 g/mol. The Morgan fingerprint density at radius 1 is 1.00 bits per heavy atom. The van der Waals surface area contributed by atoms with Crippen molar-refractivity contribution in [3.63, 3.8) is 0 Å². The summed E-state index contributed by atoms with van der Waals surface area (Å²) in [6.45, 7) is 2.45. The molecule has 0 aliphatic heterocycles.